The molecule has 23 heavy (non-hydrogen) atoms. The van der Waals surface area contributed by atoms with Crippen molar-refractivity contribution in [2.75, 3.05) is 7.11 Å². The van der Waals surface area contributed by atoms with Gasteiger partial charge in [-0.25, -0.2) is 8.78 Å². The van der Waals surface area contributed by atoms with Crippen LogP contribution in [0.25, 0.3) is 0 Å². The number of hydrogen-bond acceptors (Lipinski definition) is 4. The van der Waals surface area contributed by atoms with Crippen molar-refractivity contribution in [1.82, 2.24) is 0 Å². The molecule has 0 atom stereocenters. The third-order valence-corrected chi connectivity index (χ3v) is 3.74. The van der Waals surface area contributed by atoms with Gasteiger partial charge in [0.05, 0.1) is 18.9 Å². The van der Waals surface area contributed by atoms with Crippen LogP contribution in [0.4, 0.5) is 8.78 Å². The topological polar surface area (TPSA) is 60.0 Å². The minimum atomic E-state index is -0.832. The molecule has 0 aliphatic rings. The number of thioether (sulfide) groups is 1. The van der Waals surface area contributed by atoms with Crippen LogP contribution in [-0.4, -0.2) is 18.5 Å². The maximum absolute atomic E-state index is 13.9. The molecule has 7 heteroatoms. The summed E-state index contributed by atoms with van der Waals surface area (Å²) in [6.07, 6.45) is 0.975. The number of amidine groups is 1. The average molecular weight is 335 g/mol. The first kappa shape index (κ1) is 17.0. The quantitative estimate of drug-likeness (QED) is 0.516. The molecule has 0 radical (unpaired) electrons. The lowest BCUT2D eigenvalue weighted by molar-refractivity contribution is 0.383. The molecule has 2 aromatic rings. The van der Waals surface area contributed by atoms with Gasteiger partial charge in [0.25, 0.3) is 0 Å². The highest BCUT2D eigenvalue weighted by Crippen LogP contribution is 2.21. The SMILES string of the molecule is COc1ccc(F)c(C=NN=C(N)SCc2ccccc2)c1F. The second-order valence-corrected chi connectivity index (χ2v) is 5.43. The van der Waals surface area contributed by atoms with E-state index >= 15 is 0 Å². The standard InChI is InChI=1S/C16H15F2N3OS/c1-22-14-8-7-13(17)12(15(14)18)9-20-21-16(19)23-10-11-5-3-2-4-6-11/h2-9H,10H2,1H3,(H2,19,21). The Kier molecular flexibility index (Phi) is 6.10. The van der Waals surface area contributed by atoms with Crippen LogP contribution in [0.3, 0.4) is 0 Å². The van der Waals surface area contributed by atoms with Gasteiger partial charge in [0, 0.05) is 5.75 Å². The molecule has 0 aromatic heterocycles. The van der Waals surface area contributed by atoms with Gasteiger partial charge < -0.3 is 10.5 Å². The minimum absolute atomic E-state index is 0.0664. The zero-order chi connectivity index (χ0) is 16.7. The molecule has 2 aromatic carbocycles. The summed E-state index contributed by atoms with van der Waals surface area (Å²) in [6.45, 7) is 0. The van der Waals surface area contributed by atoms with Gasteiger partial charge in [0.2, 0.25) is 0 Å². The molecule has 4 nitrogen and oxygen atoms in total. The number of benzene rings is 2. The zero-order valence-corrected chi connectivity index (χ0v) is 13.2. The number of nitrogens with zero attached hydrogens (tertiary/aromatic N) is 2. The van der Waals surface area contributed by atoms with Gasteiger partial charge in [-0.05, 0) is 17.7 Å². The Labute approximate surface area is 137 Å². The highest BCUT2D eigenvalue weighted by atomic mass is 32.2. The van der Waals surface area contributed by atoms with Gasteiger partial charge >= 0.3 is 0 Å². The molecule has 0 heterocycles. The first-order valence-electron chi connectivity index (χ1n) is 6.67. The number of halogens is 2. The summed E-state index contributed by atoms with van der Waals surface area (Å²) in [6, 6.07) is 12.0. The average Bonchev–Trinajstić information content (AvgIpc) is 2.57. The fourth-order valence-electron chi connectivity index (χ4n) is 1.73. The summed E-state index contributed by atoms with van der Waals surface area (Å²) in [5, 5.41) is 7.56. The lowest BCUT2D eigenvalue weighted by atomic mass is 10.2. The minimum Gasteiger partial charge on any atom is -0.494 e. The van der Waals surface area contributed by atoms with Crippen LogP contribution < -0.4 is 10.5 Å². The second kappa shape index (κ2) is 8.28. The maximum atomic E-state index is 13.9. The first-order valence-corrected chi connectivity index (χ1v) is 7.65. The number of nitrogens with two attached hydrogens (primary N) is 1. The van der Waals surface area contributed by atoms with E-state index in [0.29, 0.717) is 5.75 Å². The molecule has 0 unspecified atom stereocenters. The lowest BCUT2D eigenvalue weighted by Gasteiger charge is -2.04. The lowest BCUT2D eigenvalue weighted by Crippen LogP contribution is -2.06. The second-order valence-electron chi connectivity index (χ2n) is 4.43. The van der Waals surface area contributed by atoms with Gasteiger partial charge in [-0.2, -0.15) is 5.10 Å². The normalized spacial score (nSPS) is 11.9. The van der Waals surface area contributed by atoms with Crippen LogP contribution in [-0.2, 0) is 5.75 Å². The van der Waals surface area contributed by atoms with E-state index in [1.165, 1.54) is 24.9 Å². The van der Waals surface area contributed by atoms with Gasteiger partial charge in [0.15, 0.2) is 16.7 Å². The summed E-state index contributed by atoms with van der Waals surface area (Å²) in [5.41, 5.74) is 6.47. The molecular weight excluding hydrogens is 320 g/mol. The van der Waals surface area contributed by atoms with E-state index in [2.05, 4.69) is 10.2 Å². The Balaban J connectivity index is 2.03. The largest absolute Gasteiger partial charge is 0.494 e. The third-order valence-electron chi connectivity index (χ3n) is 2.88. The van der Waals surface area contributed by atoms with Crippen molar-refractivity contribution in [3.8, 4) is 5.75 Å². The third kappa shape index (κ3) is 4.79. The Hall–Kier alpha value is -2.41. The van der Waals surface area contributed by atoms with Crippen LogP contribution in [0.2, 0.25) is 0 Å². The van der Waals surface area contributed by atoms with E-state index in [9.17, 15) is 8.78 Å². The smallest absolute Gasteiger partial charge is 0.180 e. The highest BCUT2D eigenvalue weighted by molar-refractivity contribution is 8.13. The van der Waals surface area contributed by atoms with Crippen LogP contribution in [0.1, 0.15) is 11.1 Å². The predicted octanol–water partition coefficient (Wildman–Crippen LogP) is 3.56. The van der Waals surface area contributed by atoms with E-state index < -0.39 is 11.6 Å². The van der Waals surface area contributed by atoms with Gasteiger partial charge in [-0.3, -0.25) is 0 Å². The van der Waals surface area contributed by atoms with Crippen molar-refractivity contribution in [2.24, 2.45) is 15.9 Å². The molecule has 0 bridgehead atoms. The predicted molar refractivity (Wildman–Crippen MR) is 89.9 cm³/mol. The van der Waals surface area contributed by atoms with E-state index in [4.69, 9.17) is 10.5 Å². The van der Waals surface area contributed by atoms with Crippen LogP contribution >= 0.6 is 11.8 Å². The van der Waals surface area contributed by atoms with Gasteiger partial charge in [0.1, 0.15) is 5.82 Å². The number of methoxy groups -OCH3 is 1. The molecule has 0 aliphatic carbocycles. The Morgan fingerprint density at radius 2 is 1.96 bits per heavy atom. The van der Waals surface area contributed by atoms with Crippen molar-refractivity contribution < 1.29 is 13.5 Å². The molecule has 0 fully saturated rings. The number of rotatable bonds is 5. The van der Waals surface area contributed by atoms with Crippen molar-refractivity contribution in [1.29, 1.82) is 0 Å². The molecule has 0 aliphatic heterocycles. The van der Waals surface area contributed by atoms with Gasteiger partial charge in [-0.15, -0.1) is 5.10 Å². The van der Waals surface area contributed by atoms with Crippen molar-refractivity contribution in [2.45, 2.75) is 5.75 Å². The van der Waals surface area contributed by atoms with Crippen LogP contribution in [0.15, 0.2) is 52.7 Å². The molecule has 2 N–H and O–H groups in total. The van der Waals surface area contributed by atoms with E-state index in [1.54, 1.807) is 0 Å². The fraction of sp³-hybridized carbons (Fsp3) is 0.125. The van der Waals surface area contributed by atoms with Gasteiger partial charge in [-0.1, -0.05) is 42.1 Å². The maximum Gasteiger partial charge on any atom is 0.180 e. The zero-order valence-electron chi connectivity index (χ0n) is 12.4. The molecule has 0 saturated heterocycles. The van der Waals surface area contributed by atoms with E-state index in [0.717, 1.165) is 17.8 Å². The number of ether oxygens (including phenoxy) is 1. The molecule has 0 saturated carbocycles. The molecule has 2 rings (SSSR count). The Bertz CT molecular complexity index is 721. The highest BCUT2D eigenvalue weighted by Gasteiger charge is 2.12. The summed E-state index contributed by atoms with van der Waals surface area (Å²) in [7, 11) is 1.30. The summed E-state index contributed by atoms with van der Waals surface area (Å²) in [5.74, 6) is -1.02. The molecular formula is C16H15F2N3OS. The van der Waals surface area contributed by atoms with E-state index in [-0.39, 0.29) is 16.5 Å². The van der Waals surface area contributed by atoms with Crippen LogP contribution in [0.5, 0.6) is 5.75 Å². The van der Waals surface area contributed by atoms with Crippen molar-refractivity contribution >= 4 is 23.1 Å². The van der Waals surface area contributed by atoms with Crippen LogP contribution in [0, 0.1) is 11.6 Å². The summed E-state index contributed by atoms with van der Waals surface area (Å²) in [4.78, 5) is 0. The number of hydrogen-bond donors (Lipinski definition) is 1. The Morgan fingerprint density at radius 3 is 2.65 bits per heavy atom. The Morgan fingerprint density at radius 1 is 1.22 bits per heavy atom. The molecule has 0 spiro atoms. The molecule has 120 valence electrons. The fourth-order valence-corrected chi connectivity index (χ4v) is 2.34. The summed E-state index contributed by atoms with van der Waals surface area (Å²) >= 11 is 1.28. The first-order chi connectivity index (χ1) is 11.1. The molecule has 0 amide bonds. The monoisotopic (exact) mass is 335 g/mol. The summed E-state index contributed by atoms with van der Waals surface area (Å²) < 4.78 is 32.3. The van der Waals surface area contributed by atoms with Crippen molar-refractivity contribution in [3.05, 3.63) is 65.2 Å². The van der Waals surface area contributed by atoms with Crippen molar-refractivity contribution in [3.63, 3.8) is 0 Å². The van der Waals surface area contributed by atoms with E-state index in [1.807, 2.05) is 30.3 Å².